The SMILES string of the molecule is COC(=O)n1cnc2c1c(=O)n(C)c(=O)n2C. The number of ether oxygens (including phenoxy) is 1. The fraction of sp³-hybridized carbons (Fsp3) is 0.333. The third-order valence-electron chi connectivity index (χ3n) is 2.52. The first-order valence-corrected chi connectivity index (χ1v) is 4.70. The van der Waals surface area contributed by atoms with E-state index in [0.29, 0.717) is 0 Å². The molecule has 0 amide bonds. The van der Waals surface area contributed by atoms with Crippen LogP contribution in [0.1, 0.15) is 0 Å². The number of hydrogen-bond donors (Lipinski definition) is 0. The number of carbonyl (C=O) groups excluding carboxylic acids is 1. The number of nitrogens with zero attached hydrogens (tertiary/aromatic N) is 4. The molecule has 0 atom stereocenters. The summed E-state index contributed by atoms with van der Waals surface area (Å²) in [7, 11) is 4.00. The molecule has 2 rings (SSSR count). The van der Waals surface area contributed by atoms with Crippen molar-refractivity contribution in [2.24, 2.45) is 14.1 Å². The Balaban J connectivity index is 3.01. The van der Waals surface area contributed by atoms with E-state index in [-0.39, 0.29) is 11.2 Å². The van der Waals surface area contributed by atoms with Gasteiger partial charge in [-0.1, -0.05) is 0 Å². The monoisotopic (exact) mass is 238 g/mol. The van der Waals surface area contributed by atoms with Crippen LogP contribution in [0.25, 0.3) is 11.2 Å². The normalized spacial score (nSPS) is 10.8. The van der Waals surface area contributed by atoms with Gasteiger partial charge in [-0.3, -0.25) is 13.9 Å². The number of rotatable bonds is 0. The molecular formula is C9H10N4O4. The molecule has 2 aromatic rings. The van der Waals surface area contributed by atoms with Gasteiger partial charge in [-0.05, 0) is 0 Å². The first-order chi connectivity index (χ1) is 7.99. The lowest BCUT2D eigenvalue weighted by atomic mass is 10.5. The van der Waals surface area contributed by atoms with E-state index in [1.807, 2.05) is 0 Å². The molecule has 0 saturated carbocycles. The Morgan fingerprint density at radius 3 is 2.53 bits per heavy atom. The molecule has 0 saturated heterocycles. The lowest BCUT2D eigenvalue weighted by Crippen LogP contribution is -2.38. The molecule has 0 aliphatic carbocycles. The fourth-order valence-corrected chi connectivity index (χ4v) is 1.58. The summed E-state index contributed by atoms with van der Waals surface area (Å²) in [5.74, 6) is 0. The van der Waals surface area contributed by atoms with E-state index in [4.69, 9.17) is 0 Å². The van der Waals surface area contributed by atoms with Crippen LogP contribution in [0.3, 0.4) is 0 Å². The second-order valence-corrected chi connectivity index (χ2v) is 3.46. The molecule has 2 aromatic heterocycles. The number of imidazole rings is 1. The van der Waals surface area contributed by atoms with Gasteiger partial charge >= 0.3 is 11.8 Å². The van der Waals surface area contributed by atoms with Crippen LogP contribution in [0.5, 0.6) is 0 Å². The molecule has 17 heavy (non-hydrogen) atoms. The van der Waals surface area contributed by atoms with Crippen molar-refractivity contribution in [3.8, 4) is 0 Å². The molecule has 0 unspecified atom stereocenters. The zero-order valence-electron chi connectivity index (χ0n) is 9.50. The zero-order valence-corrected chi connectivity index (χ0v) is 9.50. The second-order valence-electron chi connectivity index (χ2n) is 3.46. The van der Waals surface area contributed by atoms with Gasteiger partial charge in [0, 0.05) is 14.1 Å². The second kappa shape index (κ2) is 3.58. The predicted octanol–water partition coefficient (Wildman–Crippen LogP) is -0.952. The molecule has 0 aromatic carbocycles. The Labute approximate surface area is 94.7 Å². The van der Waals surface area contributed by atoms with Crippen molar-refractivity contribution in [2.75, 3.05) is 7.11 Å². The fourth-order valence-electron chi connectivity index (χ4n) is 1.58. The van der Waals surface area contributed by atoms with Crippen molar-refractivity contribution in [1.29, 1.82) is 0 Å². The minimum Gasteiger partial charge on any atom is -0.452 e. The summed E-state index contributed by atoms with van der Waals surface area (Å²) in [4.78, 5) is 38.8. The Morgan fingerprint density at radius 1 is 1.29 bits per heavy atom. The van der Waals surface area contributed by atoms with Crippen molar-refractivity contribution < 1.29 is 9.53 Å². The number of methoxy groups -OCH3 is 1. The third-order valence-corrected chi connectivity index (χ3v) is 2.52. The Kier molecular flexibility index (Phi) is 2.34. The highest BCUT2D eigenvalue weighted by molar-refractivity contribution is 5.83. The van der Waals surface area contributed by atoms with Crippen molar-refractivity contribution in [2.45, 2.75) is 0 Å². The van der Waals surface area contributed by atoms with Crippen LogP contribution in [0, 0.1) is 0 Å². The van der Waals surface area contributed by atoms with Crippen molar-refractivity contribution in [3.63, 3.8) is 0 Å². The maximum absolute atomic E-state index is 11.9. The molecule has 0 radical (unpaired) electrons. The molecule has 0 bridgehead atoms. The van der Waals surface area contributed by atoms with Crippen molar-refractivity contribution in [3.05, 3.63) is 27.2 Å². The van der Waals surface area contributed by atoms with Gasteiger partial charge < -0.3 is 4.74 Å². The van der Waals surface area contributed by atoms with E-state index in [0.717, 1.165) is 15.5 Å². The minimum absolute atomic E-state index is 0.0152. The highest BCUT2D eigenvalue weighted by atomic mass is 16.5. The first kappa shape index (κ1) is 11.1. The number of aromatic nitrogens is 4. The van der Waals surface area contributed by atoms with Crippen molar-refractivity contribution >= 4 is 17.3 Å². The molecule has 90 valence electrons. The van der Waals surface area contributed by atoms with Crippen LogP contribution in [-0.4, -0.2) is 31.9 Å². The quantitative estimate of drug-likeness (QED) is 0.590. The Bertz CT molecular complexity index is 721. The average molecular weight is 238 g/mol. The molecule has 0 N–H and O–H groups in total. The van der Waals surface area contributed by atoms with Crippen LogP contribution in [0.2, 0.25) is 0 Å². The molecule has 0 aliphatic heterocycles. The van der Waals surface area contributed by atoms with Gasteiger partial charge in [-0.15, -0.1) is 0 Å². The average Bonchev–Trinajstić information content (AvgIpc) is 2.77. The molecular weight excluding hydrogens is 228 g/mol. The molecule has 0 spiro atoms. The highest BCUT2D eigenvalue weighted by Crippen LogP contribution is 2.05. The van der Waals surface area contributed by atoms with Gasteiger partial charge in [0.15, 0.2) is 11.2 Å². The number of aryl methyl sites for hydroxylation is 1. The predicted molar refractivity (Wildman–Crippen MR) is 58.0 cm³/mol. The molecule has 0 aliphatic rings. The Morgan fingerprint density at radius 2 is 1.94 bits per heavy atom. The van der Waals surface area contributed by atoms with E-state index in [2.05, 4.69) is 9.72 Å². The summed E-state index contributed by atoms with van der Waals surface area (Å²) in [6.07, 6.45) is 0.417. The van der Waals surface area contributed by atoms with Crippen LogP contribution in [0.15, 0.2) is 15.9 Å². The van der Waals surface area contributed by atoms with Gasteiger partial charge in [0.1, 0.15) is 6.33 Å². The molecule has 8 nitrogen and oxygen atoms in total. The number of carbonyl (C=O) groups is 1. The maximum Gasteiger partial charge on any atom is 0.419 e. The number of hydrogen-bond acceptors (Lipinski definition) is 5. The standard InChI is InChI=1S/C9H10N4O4/c1-11-6-5(7(14)12(2)8(11)15)13(4-10-6)9(16)17-3/h4H,1-3H3. The summed E-state index contributed by atoms with van der Waals surface area (Å²) in [6, 6.07) is 0. The molecule has 2 heterocycles. The highest BCUT2D eigenvalue weighted by Gasteiger charge is 2.17. The van der Waals surface area contributed by atoms with Crippen LogP contribution >= 0.6 is 0 Å². The Hall–Kier alpha value is -2.38. The molecule has 0 fully saturated rings. The first-order valence-electron chi connectivity index (χ1n) is 4.70. The topological polar surface area (TPSA) is 88.1 Å². The minimum atomic E-state index is -0.733. The summed E-state index contributed by atoms with van der Waals surface area (Å²) < 4.78 is 7.58. The van der Waals surface area contributed by atoms with Gasteiger partial charge in [0.2, 0.25) is 0 Å². The number of fused-ring (bicyclic) bond motifs is 1. The lowest BCUT2D eigenvalue weighted by Gasteiger charge is -2.04. The summed E-state index contributed by atoms with van der Waals surface area (Å²) in [6.45, 7) is 0. The van der Waals surface area contributed by atoms with E-state index in [9.17, 15) is 14.4 Å². The smallest absolute Gasteiger partial charge is 0.419 e. The zero-order chi connectivity index (χ0) is 12.7. The van der Waals surface area contributed by atoms with Gasteiger partial charge in [-0.2, -0.15) is 0 Å². The van der Waals surface area contributed by atoms with E-state index in [1.165, 1.54) is 25.8 Å². The van der Waals surface area contributed by atoms with Gasteiger partial charge in [0.25, 0.3) is 5.56 Å². The summed E-state index contributed by atoms with van der Waals surface area (Å²) >= 11 is 0. The van der Waals surface area contributed by atoms with E-state index < -0.39 is 17.3 Å². The summed E-state index contributed by atoms with van der Waals surface area (Å²) in [5.41, 5.74) is -0.937. The van der Waals surface area contributed by atoms with Crippen LogP contribution in [-0.2, 0) is 18.8 Å². The molecule has 8 heteroatoms. The lowest BCUT2D eigenvalue weighted by molar-refractivity contribution is 0.174. The third kappa shape index (κ3) is 1.37. The largest absolute Gasteiger partial charge is 0.452 e. The van der Waals surface area contributed by atoms with E-state index in [1.54, 1.807) is 0 Å². The van der Waals surface area contributed by atoms with Crippen LogP contribution < -0.4 is 11.2 Å². The van der Waals surface area contributed by atoms with E-state index >= 15 is 0 Å². The maximum atomic E-state index is 11.9. The summed E-state index contributed by atoms with van der Waals surface area (Å²) in [5, 5.41) is 0. The van der Waals surface area contributed by atoms with Crippen molar-refractivity contribution in [1.82, 2.24) is 18.7 Å². The van der Waals surface area contributed by atoms with Gasteiger partial charge in [-0.25, -0.2) is 19.1 Å². The van der Waals surface area contributed by atoms with Gasteiger partial charge in [0.05, 0.1) is 7.11 Å². The van der Waals surface area contributed by atoms with Crippen LogP contribution in [0.4, 0.5) is 4.79 Å².